The van der Waals surface area contributed by atoms with Crippen LogP contribution in [-0.4, -0.2) is 18.6 Å². The van der Waals surface area contributed by atoms with Crippen molar-refractivity contribution < 1.29 is 9.53 Å². The highest BCUT2D eigenvalue weighted by atomic mass is 35.8. The average Bonchev–Trinajstić information content (AvgIpc) is 2.49. The van der Waals surface area contributed by atoms with Gasteiger partial charge in [-0.3, -0.25) is 4.79 Å². The van der Waals surface area contributed by atoms with E-state index >= 15 is 0 Å². The van der Waals surface area contributed by atoms with Crippen molar-refractivity contribution in [2.75, 3.05) is 6.61 Å². The van der Waals surface area contributed by atoms with Gasteiger partial charge in [0.25, 0.3) is 0 Å². The molecule has 0 aromatic heterocycles. The molecule has 0 aromatic rings. The molecule has 0 aliphatic carbocycles. The van der Waals surface area contributed by atoms with Crippen molar-refractivity contribution in [1.29, 1.82) is 0 Å². The van der Waals surface area contributed by atoms with Crippen molar-refractivity contribution in [3.05, 3.63) is 0 Å². The van der Waals surface area contributed by atoms with Gasteiger partial charge in [-0.15, -0.1) is 33.2 Å². The van der Waals surface area contributed by atoms with Crippen LogP contribution >= 0.6 is 33.2 Å². The first-order valence-corrected chi connectivity index (χ1v) is 14.9. The highest BCUT2D eigenvalue weighted by molar-refractivity contribution is 7.64. The lowest BCUT2D eigenvalue weighted by atomic mass is 10.0. The molecule has 6 heteroatoms. The molecular formula is C18H35Cl3O2Si. The van der Waals surface area contributed by atoms with Gasteiger partial charge >= 0.3 is 12.0 Å². The molecule has 0 amide bonds. The first kappa shape index (κ1) is 24.6. The molecule has 0 aliphatic rings. The summed E-state index contributed by atoms with van der Waals surface area (Å²) in [7, 11) is 0. The van der Waals surface area contributed by atoms with Crippen LogP contribution in [0, 0.1) is 0 Å². The van der Waals surface area contributed by atoms with Crippen LogP contribution in [0.25, 0.3) is 0 Å². The van der Waals surface area contributed by atoms with E-state index in [0.717, 1.165) is 18.9 Å². The highest BCUT2D eigenvalue weighted by Gasteiger charge is 2.23. The number of hydrogen-bond donors (Lipinski definition) is 0. The summed E-state index contributed by atoms with van der Waals surface area (Å²) in [5, 5.41) is 0. The van der Waals surface area contributed by atoms with Gasteiger partial charge in [-0.25, -0.2) is 0 Å². The first-order valence-electron chi connectivity index (χ1n) is 9.62. The molecule has 0 bridgehead atoms. The maximum atomic E-state index is 10.6. The molecule has 144 valence electrons. The lowest BCUT2D eigenvalue weighted by molar-refractivity contribution is -0.141. The van der Waals surface area contributed by atoms with E-state index in [0.29, 0.717) is 6.61 Å². The van der Waals surface area contributed by atoms with Crippen molar-refractivity contribution in [3.63, 3.8) is 0 Å². The molecule has 0 radical (unpaired) electrons. The topological polar surface area (TPSA) is 26.3 Å². The van der Waals surface area contributed by atoms with Crippen LogP contribution in [0.3, 0.4) is 0 Å². The predicted octanol–water partition coefficient (Wildman–Crippen LogP) is 7.67. The van der Waals surface area contributed by atoms with Crippen LogP contribution in [0.2, 0.25) is 6.04 Å². The third kappa shape index (κ3) is 22.6. The lowest BCUT2D eigenvalue weighted by Gasteiger charge is -2.07. The number of carbonyl (C=O) groups excluding carboxylic acids is 1. The summed E-state index contributed by atoms with van der Waals surface area (Å²) in [6, 6.07) is -1.56. The second kappa shape index (κ2) is 17.0. The van der Waals surface area contributed by atoms with E-state index in [4.69, 9.17) is 38.0 Å². The van der Waals surface area contributed by atoms with Gasteiger partial charge in [0, 0.05) is 6.92 Å². The number of hydrogen-bond acceptors (Lipinski definition) is 2. The van der Waals surface area contributed by atoms with Gasteiger partial charge in [0.05, 0.1) is 6.61 Å². The van der Waals surface area contributed by atoms with Gasteiger partial charge in [-0.2, -0.15) is 0 Å². The summed E-state index contributed by atoms with van der Waals surface area (Å²) in [4.78, 5) is 10.6. The molecule has 0 atom stereocenters. The smallest absolute Gasteiger partial charge is 0.341 e. The highest BCUT2D eigenvalue weighted by Crippen LogP contribution is 2.27. The Labute approximate surface area is 164 Å². The van der Waals surface area contributed by atoms with Crippen molar-refractivity contribution in [2.24, 2.45) is 0 Å². The minimum absolute atomic E-state index is 0.167. The molecule has 2 nitrogen and oxygen atoms in total. The molecule has 0 heterocycles. The van der Waals surface area contributed by atoms with Crippen LogP contribution in [0.15, 0.2) is 0 Å². The van der Waals surface area contributed by atoms with E-state index in [-0.39, 0.29) is 5.97 Å². The van der Waals surface area contributed by atoms with Gasteiger partial charge in [-0.1, -0.05) is 83.5 Å². The Balaban J connectivity index is 3.04. The van der Waals surface area contributed by atoms with E-state index in [2.05, 4.69) is 0 Å². The zero-order valence-corrected chi connectivity index (χ0v) is 18.5. The Bertz CT molecular complexity index is 296. The third-order valence-corrected chi connectivity index (χ3v) is 6.78. The normalized spacial score (nSPS) is 11.7. The zero-order chi connectivity index (χ0) is 18.1. The maximum absolute atomic E-state index is 10.6. The Morgan fingerprint density at radius 1 is 0.667 bits per heavy atom. The van der Waals surface area contributed by atoms with Gasteiger partial charge < -0.3 is 4.74 Å². The molecule has 0 spiro atoms. The quantitative estimate of drug-likeness (QED) is 0.105. The number of esters is 1. The minimum atomic E-state index is -2.37. The van der Waals surface area contributed by atoms with Crippen molar-refractivity contribution in [2.45, 2.75) is 103 Å². The maximum Gasteiger partial charge on any atom is 0.341 e. The molecule has 0 saturated heterocycles. The van der Waals surface area contributed by atoms with Crippen molar-refractivity contribution in [1.82, 2.24) is 0 Å². The van der Waals surface area contributed by atoms with Gasteiger partial charge in [-0.05, 0) is 12.5 Å². The summed E-state index contributed by atoms with van der Waals surface area (Å²) >= 11 is 17.6. The molecule has 0 unspecified atom stereocenters. The van der Waals surface area contributed by atoms with E-state index < -0.39 is 6.00 Å². The number of carbonyl (C=O) groups is 1. The average molecular weight is 418 g/mol. The molecule has 0 fully saturated rings. The van der Waals surface area contributed by atoms with E-state index in [1.807, 2.05) is 0 Å². The Kier molecular flexibility index (Phi) is 17.4. The fourth-order valence-corrected chi connectivity index (χ4v) is 4.62. The summed E-state index contributed by atoms with van der Waals surface area (Å²) in [5.74, 6) is -0.167. The van der Waals surface area contributed by atoms with Gasteiger partial charge in [0.15, 0.2) is 0 Å². The van der Waals surface area contributed by atoms with Crippen LogP contribution in [0.5, 0.6) is 0 Å². The molecule has 0 N–H and O–H groups in total. The lowest BCUT2D eigenvalue weighted by Crippen LogP contribution is -2.07. The first-order chi connectivity index (χ1) is 11.4. The second-order valence-corrected chi connectivity index (χ2v) is 15.9. The van der Waals surface area contributed by atoms with Crippen molar-refractivity contribution in [3.8, 4) is 0 Å². The molecule has 0 saturated carbocycles. The third-order valence-electron chi connectivity index (χ3n) is 4.16. The summed E-state index contributed by atoms with van der Waals surface area (Å²) in [5.41, 5.74) is 0. The SMILES string of the molecule is CC(=O)OCCCCCCCCCCCCCCCC[Si](Cl)(Cl)Cl. The molecule has 24 heavy (non-hydrogen) atoms. The fraction of sp³-hybridized carbons (Fsp3) is 0.944. The Morgan fingerprint density at radius 2 is 1.00 bits per heavy atom. The van der Waals surface area contributed by atoms with E-state index in [9.17, 15) is 4.79 Å². The monoisotopic (exact) mass is 416 g/mol. The van der Waals surface area contributed by atoms with Crippen LogP contribution in [-0.2, 0) is 9.53 Å². The number of halogens is 3. The van der Waals surface area contributed by atoms with Crippen LogP contribution < -0.4 is 0 Å². The Hall–Kier alpha value is 0.557. The van der Waals surface area contributed by atoms with E-state index in [1.165, 1.54) is 84.0 Å². The Morgan fingerprint density at radius 3 is 1.33 bits per heavy atom. The van der Waals surface area contributed by atoms with Gasteiger partial charge in [0.2, 0.25) is 0 Å². The summed E-state index contributed by atoms with van der Waals surface area (Å²) in [6.07, 6.45) is 17.8. The van der Waals surface area contributed by atoms with Crippen LogP contribution in [0.1, 0.15) is 96.8 Å². The number of rotatable bonds is 17. The molecular weight excluding hydrogens is 383 g/mol. The molecule has 0 aliphatic heterocycles. The van der Waals surface area contributed by atoms with Crippen LogP contribution in [0.4, 0.5) is 0 Å². The zero-order valence-electron chi connectivity index (χ0n) is 15.3. The van der Waals surface area contributed by atoms with Crippen molar-refractivity contribution >= 4 is 45.2 Å². The standard InChI is InChI=1S/C18H35Cl3O2Si/c1-18(22)23-16-14-12-10-8-6-4-2-3-5-7-9-11-13-15-17-24(19,20)21/h2-17H2,1H3. The fourth-order valence-electron chi connectivity index (χ4n) is 2.76. The molecule has 0 aromatic carbocycles. The predicted molar refractivity (Wildman–Crippen MR) is 109 cm³/mol. The number of unbranched alkanes of at least 4 members (excludes halogenated alkanes) is 13. The summed E-state index contributed by atoms with van der Waals surface area (Å²) < 4.78 is 4.92. The largest absolute Gasteiger partial charge is 0.466 e. The van der Waals surface area contributed by atoms with E-state index in [1.54, 1.807) is 0 Å². The minimum Gasteiger partial charge on any atom is -0.466 e. The second-order valence-electron chi connectivity index (χ2n) is 6.65. The number of ether oxygens (including phenoxy) is 1. The van der Waals surface area contributed by atoms with Gasteiger partial charge in [0.1, 0.15) is 0 Å². The molecule has 0 rings (SSSR count). The summed E-state index contributed by atoms with van der Waals surface area (Å²) in [6.45, 7) is 2.05.